The lowest BCUT2D eigenvalue weighted by molar-refractivity contribution is 0.0471. The van der Waals surface area contributed by atoms with Gasteiger partial charge >= 0.3 is 11.9 Å². The molecule has 0 aromatic carbocycles. The van der Waals surface area contributed by atoms with Crippen LogP contribution >= 0.6 is 12.4 Å². The van der Waals surface area contributed by atoms with Crippen molar-refractivity contribution in [3.05, 3.63) is 17.2 Å². The molecule has 0 fully saturated rings. The third-order valence-corrected chi connectivity index (χ3v) is 2.19. The summed E-state index contributed by atoms with van der Waals surface area (Å²) >= 11 is 0. The standard InChI is InChI=1S/C12H18N2O4.ClH/c1-4-7-8-13-9(11(15)17-5-2)10(14-8)12(16)18-6-3;/h4-7H2,1-3H3,(H,13,14);1H. The van der Waals surface area contributed by atoms with Gasteiger partial charge in [0.25, 0.3) is 0 Å². The molecule has 0 amide bonds. The Hall–Kier alpha value is -1.56. The molecule has 1 aromatic rings. The Kier molecular flexibility index (Phi) is 7.83. The fourth-order valence-electron chi connectivity index (χ4n) is 1.48. The average molecular weight is 291 g/mol. The fraction of sp³-hybridized carbons (Fsp3) is 0.583. The van der Waals surface area contributed by atoms with Gasteiger partial charge in [-0.25, -0.2) is 14.6 Å². The topological polar surface area (TPSA) is 81.3 Å². The number of hydrogen-bond donors (Lipinski definition) is 1. The van der Waals surface area contributed by atoms with Crippen molar-refractivity contribution in [2.75, 3.05) is 13.2 Å². The average Bonchev–Trinajstić information content (AvgIpc) is 2.74. The van der Waals surface area contributed by atoms with E-state index < -0.39 is 11.9 Å². The second-order valence-electron chi connectivity index (χ2n) is 3.60. The smallest absolute Gasteiger partial charge is 0.359 e. The van der Waals surface area contributed by atoms with Gasteiger partial charge in [-0.2, -0.15) is 0 Å². The number of aromatic nitrogens is 2. The Bertz CT molecular complexity index is 396. The first-order chi connectivity index (χ1) is 8.63. The number of halogens is 1. The Labute approximate surface area is 118 Å². The molecule has 0 aliphatic rings. The first kappa shape index (κ1) is 17.4. The minimum absolute atomic E-state index is 0. The lowest BCUT2D eigenvalue weighted by Gasteiger charge is -2.01. The fourth-order valence-corrected chi connectivity index (χ4v) is 1.48. The van der Waals surface area contributed by atoms with Gasteiger partial charge in [-0.3, -0.25) is 0 Å². The van der Waals surface area contributed by atoms with Crippen LogP contribution in [0.4, 0.5) is 0 Å². The maximum Gasteiger partial charge on any atom is 0.359 e. The highest BCUT2D eigenvalue weighted by molar-refractivity contribution is 6.00. The van der Waals surface area contributed by atoms with Crippen LogP contribution in [0.5, 0.6) is 0 Å². The summed E-state index contributed by atoms with van der Waals surface area (Å²) in [5.74, 6) is -0.613. The molecule has 0 aliphatic carbocycles. The van der Waals surface area contributed by atoms with Crippen molar-refractivity contribution in [1.29, 1.82) is 0 Å². The number of ether oxygens (including phenoxy) is 2. The summed E-state index contributed by atoms with van der Waals surface area (Å²) < 4.78 is 9.73. The molecule has 1 heterocycles. The highest BCUT2D eigenvalue weighted by atomic mass is 35.5. The van der Waals surface area contributed by atoms with E-state index in [1.54, 1.807) is 13.8 Å². The summed E-state index contributed by atoms with van der Waals surface area (Å²) in [6.07, 6.45) is 1.52. The number of esters is 2. The summed E-state index contributed by atoms with van der Waals surface area (Å²) in [5, 5.41) is 0. The van der Waals surface area contributed by atoms with Gasteiger partial charge in [-0.05, 0) is 20.3 Å². The molecule has 0 saturated heterocycles. The van der Waals surface area contributed by atoms with Crippen molar-refractivity contribution < 1.29 is 19.1 Å². The molecule has 0 bridgehead atoms. The second-order valence-corrected chi connectivity index (χ2v) is 3.60. The van der Waals surface area contributed by atoms with Crippen molar-refractivity contribution in [3.63, 3.8) is 0 Å². The number of imidazole rings is 1. The van der Waals surface area contributed by atoms with E-state index in [0.717, 1.165) is 6.42 Å². The first-order valence-corrected chi connectivity index (χ1v) is 6.07. The molecule has 0 radical (unpaired) electrons. The minimum atomic E-state index is -0.612. The SMILES string of the molecule is CCCc1nc(C(=O)OCC)c(C(=O)OCC)[nH]1.Cl. The van der Waals surface area contributed by atoms with Gasteiger partial charge in [0.1, 0.15) is 5.82 Å². The van der Waals surface area contributed by atoms with Crippen molar-refractivity contribution in [2.45, 2.75) is 33.6 Å². The Morgan fingerprint density at radius 1 is 1.11 bits per heavy atom. The number of aromatic amines is 1. The van der Waals surface area contributed by atoms with Crippen LogP contribution in [0.3, 0.4) is 0 Å². The highest BCUT2D eigenvalue weighted by Crippen LogP contribution is 2.11. The van der Waals surface area contributed by atoms with Crippen LogP contribution < -0.4 is 0 Å². The largest absolute Gasteiger partial charge is 0.461 e. The molecule has 0 aliphatic heterocycles. The zero-order valence-corrected chi connectivity index (χ0v) is 12.1. The van der Waals surface area contributed by atoms with Crippen molar-refractivity contribution in [2.24, 2.45) is 0 Å². The van der Waals surface area contributed by atoms with E-state index in [9.17, 15) is 9.59 Å². The summed E-state index contributed by atoms with van der Waals surface area (Å²) in [7, 11) is 0. The molecule has 1 N–H and O–H groups in total. The lowest BCUT2D eigenvalue weighted by Crippen LogP contribution is -2.13. The zero-order valence-electron chi connectivity index (χ0n) is 11.3. The van der Waals surface area contributed by atoms with Gasteiger partial charge in [-0.15, -0.1) is 12.4 Å². The van der Waals surface area contributed by atoms with Crippen LogP contribution in [0, 0.1) is 0 Å². The molecule has 1 rings (SSSR count). The molecule has 19 heavy (non-hydrogen) atoms. The summed E-state index contributed by atoms with van der Waals surface area (Å²) in [5.41, 5.74) is 0.0671. The normalized spacial score (nSPS) is 9.63. The maximum absolute atomic E-state index is 11.7. The number of nitrogens with one attached hydrogen (secondary N) is 1. The van der Waals surface area contributed by atoms with Gasteiger partial charge in [0.15, 0.2) is 11.4 Å². The number of aryl methyl sites for hydroxylation is 1. The monoisotopic (exact) mass is 290 g/mol. The van der Waals surface area contributed by atoms with Crippen molar-refractivity contribution in [3.8, 4) is 0 Å². The molecule has 0 atom stereocenters. The summed E-state index contributed by atoms with van der Waals surface area (Å²) in [4.78, 5) is 30.3. The van der Waals surface area contributed by atoms with Crippen LogP contribution in [0.2, 0.25) is 0 Å². The molecular formula is C12H19ClN2O4. The lowest BCUT2D eigenvalue weighted by atomic mass is 10.3. The van der Waals surface area contributed by atoms with Crippen LogP contribution in [0.15, 0.2) is 0 Å². The number of hydrogen-bond acceptors (Lipinski definition) is 5. The van der Waals surface area contributed by atoms with Crippen LogP contribution in [-0.4, -0.2) is 35.1 Å². The van der Waals surface area contributed by atoms with Gasteiger partial charge in [0, 0.05) is 6.42 Å². The highest BCUT2D eigenvalue weighted by Gasteiger charge is 2.24. The quantitative estimate of drug-likeness (QED) is 0.812. The van der Waals surface area contributed by atoms with Gasteiger partial charge in [-0.1, -0.05) is 6.92 Å². The minimum Gasteiger partial charge on any atom is -0.461 e. The zero-order chi connectivity index (χ0) is 13.5. The van der Waals surface area contributed by atoms with Crippen molar-refractivity contribution >= 4 is 24.3 Å². The molecule has 6 nitrogen and oxygen atoms in total. The predicted octanol–water partition coefficient (Wildman–Crippen LogP) is 2.14. The Morgan fingerprint density at radius 3 is 2.21 bits per heavy atom. The van der Waals surface area contributed by atoms with Crippen LogP contribution in [-0.2, 0) is 15.9 Å². The van der Waals surface area contributed by atoms with Gasteiger partial charge < -0.3 is 14.5 Å². The summed E-state index contributed by atoms with van der Waals surface area (Å²) in [6.45, 7) is 5.85. The van der Waals surface area contributed by atoms with E-state index in [-0.39, 0.29) is 37.0 Å². The van der Waals surface area contributed by atoms with Gasteiger partial charge in [0.05, 0.1) is 13.2 Å². The van der Waals surface area contributed by atoms with E-state index in [1.165, 1.54) is 0 Å². The van der Waals surface area contributed by atoms with Crippen LogP contribution in [0.1, 0.15) is 54.0 Å². The van der Waals surface area contributed by atoms with E-state index >= 15 is 0 Å². The first-order valence-electron chi connectivity index (χ1n) is 6.07. The number of rotatable bonds is 6. The van der Waals surface area contributed by atoms with E-state index in [1.807, 2.05) is 6.92 Å². The van der Waals surface area contributed by atoms with E-state index in [2.05, 4.69) is 9.97 Å². The van der Waals surface area contributed by atoms with Crippen molar-refractivity contribution in [1.82, 2.24) is 9.97 Å². The molecule has 108 valence electrons. The second kappa shape index (κ2) is 8.53. The third kappa shape index (κ3) is 4.55. The van der Waals surface area contributed by atoms with E-state index in [0.29, 0.717) is 12.2 Å². The molecule has 1 aromatic heterocycles. The number of carbonyl (C=O) groups is 2. The van der Waals surface area contributed by atoms with Crippen LogP contribution in [0.25, 0.3) is 0 Å². The Balaban J connectivity index is 0.00000324. The molecule has 0 unspecified atom stereocenters. The molecule has 0 saturated carbocycles. The molecular weight excluding hydrogens is 272 g/mol. The van der Waals surface area contributed by atoms with E-state index in [4.69, 9.17) is 9.47 Å². The summed E-state index contributed by atoms with van der Waals surface area (Å²) in [6, 6.07) is 0. The Morgan fingerprint density at radius 2 is 1.68 bits per heavy atom. The molecule has 0 spiro atoms. The number of nitrogens with zero attached hydrogens (tertiary/aromatic N) is 1. The predicted molar refractivity (Wildman–Crippen MR) is 71.7 cm³/mol. The van der Waals surface area contributed by atoms with Gasteiger partial charge in [0.2, 0.25) is 0 Å². The number of carbonyl (C=O) groups excluding carboxylic acids is 2. The number of H-pyrrole nitrogens is 1. The third-order valence-electron chi connectivity index (χ3n) is 2.19. The maximum atomic E-state index is 11.7. The molecule has 7 heteroatoms.